The van der Waals surface area contributed by atoms with Gasteiger partial charge in [0.2, 0.25) is 5.91 Å². The molecule has 1 aliphatic heterocycles. The Morgan fingerprint density at radius 2 is 2.25 bits per heavy atom. The van der Waals surface area contributed by atoms with Crippen molar-refractivity contribution in [2.24, 2.45) is 0 Å². The van der Waals surface area contributed by atoms with Gasteiger partial charge in [-0.25, -0.2) is 4.79 Å². The van der Waals surface area contributed by atoms with E-state index in [2.05, 4.69) is 17.2 Å². The summed E-state index contributed by atoms with van der Waals surface area (Å²) in [5, 5.41) is 10.4. The van der Waals surface area contributed by atoms with Gasteiger partial charge in [0.25, 0.3) is 0 Å². The molecule has 5 nitrogen and oxygen atoms in total. The number of nitrogens with one attached hydrogen (secondary N) is 1. The van der Waals surface area contributed by atoms with Crippen LogP contribution in [0.2, 0.25) is 0 Å². The van der Waals surface area contributed by atoms with Crippen LogP contribution in [0.15, 0.2) is 0 Å². The lowest BCUT2D eigenvalue weighted by atomic mass is 10.5. The smallest absolute Gasteiger partial charge is 0.325 e. The van der Waals surface area contributed by atoms with E-state index in [4.69, 9.17) is 5.11 Å². The summed E-state index contributed by atoms with van der Waals surface area (Å²) in [5.41, 5.74) is 0. The second-order valence-corrected chi connectivity index (χ2v) is 2.22. The molecule has 2 N–H and O–H groups in total. The van der Waals surface area contributed by atoms with E-state index >= 15 is 0 Å². The van der Waals surface area contributed by atoms with Crippen LogP contribution < -0.4 is 5.32 Å². The number of hydrogen-bond donors (Lipinski definition) is 2. The van der Waals surface area contributed by atoms with Crippen LogP contribution >= 0.6 is 0 Å². The summed E-state index contributed by atoms with van der Waals surface area (Å²) in [7, 11) is 0. The molecule has 12 heavy (non-hydrogen) atoms. The number of carbonyl (C=O) groups is 2. The molecule has 1 rings (SSSR count). The first kappa shape index (κ1) is 8.56. The van der Waals surface area contributed by atoms with Gasteiger partial charge in [-0.1, -0.05) is 11.8 Å². The lowest BCUT2D eigenvalue weighted by Gasteiger charge is -2.06. The SMILES string of the molecule is O=C1CN(CC#CCO)C(=O)N1. The first-order chi connectivity index (χ1) is 5.74. The molecule has 5 heteroatoms. The topological polar surface area (TPSA) is 69.6 Å². The molecule has 0 aromatic rings. The Hall–Kier alpha value is -1.54. The fourth-order valence-corrected chi connectivity index (χ4v) is 0.818. The van der Waals surface area contributed by atoms with Crippen LogP contribution in [0, 0.1) is 11.8 Å². The van der Waals surface area contributed by atoms with Gasteiger partial charge in [0, 0.05) is 0 Å². The van der Waals surface area contributed by atoms with E-state index in [1.807, 2.05) is 0 Å². The van der Waals surface area contributed by atoms with E-state index in [1.165, 1.54) is 4.90 Å². The maximum atomic E-state index is 10.8. The molecule has 0 atom stereocenters. The minimum Gasteiger partial charge on any atom is -0.384 e. The van der Waals surface area contributed by atoms with Crippen LogP contribution in [0.1, 0.15) is 0 Å². The molecule has 64 valence electrons. The van der Waals surface area contributed by atoms with Crippen molar-refractivity contribution >= 4 is 11.9 Å². The van der Waals surface area contributed by atoms with Crippen molar-refractivity contribution in [1.82, 2.24) is 10.2 Å². The Bertz CT molecular complexity index is 264. The zero-order valence-corrected chi connectivity index (χ0v) is 6.33. The van der Waals surface area contributed by atoms with Crippen molar-refractivity contribution in [3.8, 4) is 11.8 Å². The summed E-state index contributed by atoms with van der Waals surface area (Å²) in [6, 6.07) is -0.424. The van der Waals surface area contributed by atoms with E-state index in [9.17, 15) is 9.59 Å². The summed E-state index contributed by atoms with van der Waals surface area (Å²) in [6.07, 6.45) is 0. The summed E-state index contributed by atoms with van der Waals surface area (Å²) in [5.74, 6) is 4.61. The summed E-state index contributed by atoms with van der Waals surface area (Å²) in [6.45, 7) is 0.000477. The minimum atomic E-state index is -0.424. The van der Waals surface area contributed by atoms with Crippen molar-refractivity contribution in [3.63, 3.8) is 0 Å². The van der Waals surface area contributed by atoms with Crippen LogP contribution in [0.25, 0.3) is 0 Å². The van der Waals surface area contributed by atoms with Crippen LogP contribution in [-0.4, -0.2) is 41.6 Å². The van der Waals surface area contributed by atoms with E-state index in [0.29, 0.717) is 0 Å². The molecule has 1 aliphatic rings. The van der Waals surface area contributed by atoms with Gasteiger partial charge < -0.3 is 10.0 Å². The lowest BCUT2D eigenvalue weighted by molar-refractivity contribution is -0.118. The molecule has 0 spiro atoms. The molecule has 3 amide bonds. The molecule has 0 saturated carbocycles. The normalized spacial score (nSPS) is 15.6. The molecular weight excluding hydrogens is 160 g/mol. The lowest BCUT2D eigenvalue weighted by Crippen LogP contribution is -2.28. The minimum absolute atomic E-state index is 0.0545. The number of amides is 3. The van der Waals surface area contributed by atoms with Crippen molar-refractivity contribution < 1.29 is 14.7 Å². The van der Waals surface area contributed by atoms with Gasteiger partial charge >= 0.3 is 6.03 Å². The second kappa shape index (κ2) is 3.74. The largest absolute Gasteiger partial charge is 0.384 e. The fourth-order valence-electron chi connectivity index (χ4n) is 0.818. The predicted octanol–water partition coefficient (Wildman–Crippen LogP) is -1.47. The number of hydrogen-bond acceptors (Lipinski definition) is 3. The van der Waals surface area contributed by atoms with E-state index in [-0.39, 0.29) is 25.6 Å². The molecule has 0 unspecified atom stereocenters. The maximum Gasteiger partial charge on any atom is 0.325 e. The third kappa shape index (κ3) is 1.97. The van der Waals surface area contributed by atoms with Gasteiger partial charge in [-0.05, 0) is 0 Å². The van der Waals surface area contributed by atoms with E-state index in [1.54, 1.807) is 0 Å². The highest BCUT2D eigenvalue weighted by molar-refractivity contribution is 6.01. The molecule has 1 fully saturated rings. The number of urea groups is 1. The van der Waals surface area contributed by atoms with Crippen molar-refractivity contribution in [3.05, 3.63) is 0 Å². The molecule has 1 heterocycles. The Balaban J connectivity index is 2.43. The quantitative estimate of drug-likeness (QED) is 0.371. The van der Waals surface area contributed by atoms with Crippen molar-refractivity contribution in [1.29, 1.82) is 0 Å². The highest BCUT2D eigenvalue weighted by Gasteiger charge is 2.25. The van der Waals surface area contributed by atoms with Gasteiger partial charge in [-0.2, -0.15) is 0 Å². The molecular formula is C7H8N2O3. The first-order valence-electron chi connectivity index (χ1n) is 3.39. The highest BCUT2D eigenvalue weighted by Crippen LogP contribution is 1.95. The first-order valence-corrected chi connectivity index (χ1v) is 3.39. The van der Waals surface area contributed by atoms with Crippen LogP contribution in [0.4, 0.5) is 4.79 Å². The molecule has 0 bridgehead atoms. The molecule has 1 saturated heterocycles. The Labute approximate surface area is 69.3 Å². The Morgan fingerprint density at radius 3 is 2.75 bits per heavy atom. The standard InChI is InChI=1S/C7H8N2O3/c10-4-2-1-3-9-5-6(11)8-7(9)12/h10H,3-5H2,(H,8,11,12). The van der Waals surface area contributed by atoms with Gasteiger partial charge in [0.05, 0.1) is 6.54 Å². The Kier molecular flexibility index (Phi) is 2.66. The number of rotatable bonds is 1. The number of imide groups is 1. The third-order valence-corrected chi connectivity index (χ3v) is 1.34. The number of carbonyl (C=O) groups excluding carboxylic acids is 2. The van der Waals surface area contributed by atoms with Crippen LogP contribution in [-0.2, 0) is 4.79 Å². The predicted molar refractivity (Wildman–Crippen MR) is 40.0 cm³/mol. The van der Waals surface area contributed by atoms with Gasteiger partial charge in [-0.3, -0.25) is 10.1 Å². The van der Waals surface area contributed by atoms with E-state index in [0.717, 1.165) is 0 Å². The summed E-state index contributed by atoms with van der Waals surface area (Å²) in [4.78, 5) is 22.7. The Morgan fingerprint density at radius 1 is 1.50 bits per heavy atom. The van der Waals surface area contributed by atoms with Crippen LogP contribution in [0.5, 0.6) is 0 Å². The zero-order valence-electron chi connectivity index (χ0n) is 6.33. The number of aliphatic hydroxyl groups is 1. The monoisotopic (exact) mass is 168 g/mol. The highest BCUT2D eigenvalue weighted by atomic mass is 16.2. The molecule has 0 aromatic heterocycles. The van der Waals surface area contributed by atoms with Gasteiger partial charge in [-0.15, -0.1) is 0 Å². The third-order valence-electron chi connectivity index (χ3n) is 1.34. The molecule has 0 aliphatic carbocycles. The fraction of sp³-hybridized carbons (Fsp3) is 0.429. The number of aliphatic hydroxyl groups excluding tert-OH is 1. The summed E-state index contributed by atoms with van der Waals surface area (Å²) >= 11 is 0. The molecule has 0 radical (unpaired) electrons. The van der Waals surface area contributed by atoms with Crippen molar-refractivity contribution in [2.75, 3.05) is 19.7 Å². The average Bonchev–Trinajstić information content (AvgIpc) is 2.31. The average molecular weight is 168 g/mol. The van der Waals surface area contributed by atoms with Gasteiger partial charge in [0.1, 0.15) is 13.2 Å². The van der Waals surface area contributed by atoms with Crippen LogP contribution in [0.3, 0.4) is 0 Å². The second-order valence-electron chi connectivity index (χ2n) is 2.22. The van der Waals surface area contributed by atoms with E-state index < -0.39 is 6.03 Å². The molecule has 0 aromatic carbocycles. The zero-order chi connectivity index (χ0) is 8.97. The maximum absolute atomic E-state index is 10.8. The van der Waals surface area contributed by atoms with Gasteiger partial charge in [0.15, 0.2) is 0 Å². The van der Waals surface area contributed by atoms with Crippen molar-refractivity contribution in [2.45, 2.75) is 0 Å². The number of nitrogens with zero attached hydrogens (tertiary/aromatic N) is 1. The summed E-state index contributed by atoms with van der Waals surface area (Å²) < 4.78 is 0.